The summed E-state index contributed by atoms with van der Waals surface area (Å²) in [5, 5.41) is 8.49. The van der Waals surface area contributed by atoms with Crippen LogP contribution < -0.4 is 5.48 Å². The third kappa shape index (κ3) is 1.49. The molecular weight excluding hydrogens is 150 g/mol. The highest BCUT2D eigenvalue weighted by molar-refractivity contribution is 5.25. The van der Waals surface area contributed by atoms with Crippen molar-refractivity contribution in [1.82, 2.24) is 5.48 Å². The molecule has 0 saturated heterocycles. The molecule has 2 heteroatoms. The fourth-order valence-electron chi connectivity index (χ4n) is 1.70. The first-order valence-corrected chi connectivity index (χ1v) is 4.33. The first kappa shape index (κ1) is 7.77. The van der Waals surface area contributed by atoms with Gasteiger partial charge in [-0.3, -0.25) is 0 Å². The van der Waals surface area contributed by atoms with Crippen molar-refractivity contribution in [3.05, 3.63) is 35.9 Å². The molecule has 0 heterocycles. The van der Waals surface area contributed by atoms with Crippen LogP contribution in [-0.4, -0.2) is 11.8 Å². The molecule has 0 bridgehead atoms. The second kappa shape index (κ2) is 3.25. The minimum absolute atomic E-state index is 0.636. The molecule has 1 aromatic rings. The van der Waals surface area contributed by atoms with E-state index in [2.05, 4.69) is 29.7 Å². The van der Waals surface area contributed by atoms with Crippen LogP contribution in [0.15, 0.2) is 30.3 Å². The third-order valence-electron chi connectivity index (χ3n) is 2.50. The minimum Gasteiger partial charge on any atom is -0.317 e. The average Bonchev–Trinajstić information content (AvgIpc) is 2.87. The largest absolute Gasteiger partial charge is 0.317 e. The lowest BCUT2D eigenvalue weighted by Gasteiger charge is -1.98. The first-order chi connectivity index (χ1) is 5.92. The normalized spacial score (nSPS) is 27.1. The Morgan fingerprint density at radius 1 is 1.33 bits per heavy atom. The molecule has 1 fully saturated rings. The monoisotopic (exact) mass is 163 g/mol. The summed E-state index contributed by atoms with van der Waals surface area (Å²) in [4.78, 5) is 0. The Balaban J connectivity index is 1.97. The van der Waals surface area contributed by atoms with Crippen molar-refractivity contribution < 1.29 is 5.21 Å². The molecule has 2 atom stereocenters. The van der Waals surface area contributed by atoms with Crippen LogP contribution in [0.4, 0.5) is 0 Å². The maximum Gasteiger partial charge on any atom is 0.0241 e. The molecule has 0 radical (unpaired) electrons. The average molecular weight is 163 g/mol. The maximum absolute atomic E-state index is 8.49. The van der Waals surface area contributed by atoms with Crippen LogP contribution in [0.2, 0.25) is 0 Å². The van der Waals surface area contributed by atoms with Gasteiger partial charge in [-0.25, -0.2) is 5.48 Å². The summed E-state index contributed by atoms with van der Waals surface area (Å²) in [7, 11) is 0. The predicted octanol–water partition coefficient (Wildman–Crippen LogP) is 1.77. The van der Waals surface area contributed by atoms with Gasteiger partial charge in [-0.1, -0.05) is 30.3 Å². The van der Waals surface area contributed by atoms with E-state index in [4.69, 9.17) is 5.21 Å². The number of rotatable bonds is 3. The summed E-state index contributed by atoms with van der Waals surface area (Å²) in [5.74, 6) is 1.31. The highest BCUT2D eigenvalue weighted by Crippen LogP contribution is 2.46. The molecule has 0 spiro atoms. The zero-order valence-corrected chi connectivity index (χ0v) is 6.90. The minimum atomic E-state index is 0.636. The van der Waals surface area contributed by atoms with E-state index < -0.39 is 0 Å². The van der Waals surface area contributed by atoms with Gasteiger partial charge in [-0.15, -0.1) is 0 Å². The van der Waals surface area contributed by atoms with Crippen LogP contribution in [-0.2, 0) is 0 Å². The number of hydrogen-bond donors (Lipinski definition) is 2. The number of benzene rings is 1. The third-order valence-corrected chi connectivity index (χ3v) is 2.50. The summed E-state index contributed by atoms with van der Waals surface area (Å²) < 4.78 is 0. The molecule has 2 N–H and O–H groups in total. The van der Waals surface area contributed by atoms with E-state index in [0.717, 1.165) is 6.54 Å². The molecule has 2 rings (SSSR count). The predicted molar refractivity (Wildman–Crippen MR) is 47.1 cm³/mol. The summed E-state index contributed by atoms with van der Waals surface area (Å²) in [6.45, 7) is 0.722. The molecule has 0 amide bonds. The SMILES string of the molecule is ONC[C@H]1C[C@@H]1c1ccccc1. The van der Waals surface area contributed by atoms with Gasteiger partial charge in [0.25, 0.3) is 0 Å². The lowest BCUT2D eigenvalue weighted by molar-refractivity contribution is 0.161. The molecule has 1 saturated carbocycles. The lowest BCUT2D eigenvalue weighted by atomic mass is 10.1. The molecule has 2 nitrogen and oxygen atoms in total. The van der Waals surface area contributed by atoms with E-state index in [1.165, 1.54) is 12.0 Å². The van der Waals surface area contributed by atoms with Crippen molar-refractivity contribution in [2.75, 3.05) is 6.54 Å². The van der Waals surface area contributed by atoms with Gasteiger partial charge in [0, 0.05) is 6.54 Å². The van der Waals surface area contributed by atoms with Gasteiger partial charge in [-0.05, 0) is 23.8 Å². The highest BCUT2D eigenvalue weighted by Gasteiger charge is 2.37. The van der Waals surface area contributed by atoms with Crippen LogP contribution in [0.5, 0.6) is 0 Å². The number of nitrogens with one attached hydrogen (secondary N) is 1. The van der Waals surface area contributed by atoms with Gasteiger partial charge in [0.05, 0.1) is 0 Å². The smallest absolute Gasteiger partial charge is 0.0241 e. The van der Waals surface area contributed by atoms with E-state index in [1.807, 2.05) is 6.07 Å². The molecular formula is C10H13NO. The van der Waals surface area contributed by atoms with Gasteiger partial charge in [0.15, 0.2) is 0 Å². The summed E-state index contributed by atoms with van der Waals surface area (Å²) in [5.41, 5.74) is 3.63. The van der Waals surface area contributed by atoms with E-state index in [9.17, 15) is 0 Å². The van der Waals surface area contributed by atoms with Crippen LogP contribution in [0.3, 0.4) is 0 Å². The van der Waals surface area contributed by atoms with Gasteiger partial charge >= 0.3 is 0 Å². The summed E-state index contributed by atoms with van der Waals surface area (Å²) in [6, 6.07) is 10.5. The van der Waals surface area contributed by atoms with Gasteiger partial charge in [0.2, 0.25) is 0 Å². The van der Waals surface area contributed by atoms with Crippen molar-refractivity contribution in [1.29, 1.82) is 0 Å². The van der Waals surface area contributed by atoms with Crippen molar-refractivity contribution >= 4 is 0 Å². The Labute approximate surface area is 72.2 Å². The van der Waals surface area contributed by atoms with Gasteiger partial charge in [0.1, 0.15) is 0 Å². The molecule has 1 aromatic carbocycles. The summed E-state index contributed by atoms with van der Waals surface area (Å²) in [6.07, 6.45) is 1.21. The van der Waals surface area contributed by atoms with Crippen molar-refractivity contribution in [2.45, 2.75) is 12.3 Å². The Hall–Kier alpha value is -0.860. The van der Waals surface area contributed by atoms with Crippen LogP contribution in [0.25, 0.3) is 0 Å². The van der Waals surface area contributed by atoms with Crippen LogP contribution in [0, 0.1) is 5.92 Å². The standard InChI is InChI=1S/C10H13NO/c12-11-7-9-6-10(9)8-4-2-1-3-5-8/h1-5,9-12H,6-7H2/t9-,10-/m1/s1. The Morgan fingerprint density at radius 3 is 2.75 bits per heavy atom. The fourth-order valence-corrected chi connectivity index (χ4v) is 1.70. The van der Waals surface area contributed by atoms with Crippen LogP contribution >= 0.6 is 0 Å². The molecule has 12 heavy (non-hydrogen) atoms. The molecule has 0 aliphatic heterocycles. The van der Waals surface area contributed by atoms with Crippen molar-refractivity contribution in [3.8, 4) is 0 Å². The Morgan fingerprint density at radius 2 is 2.08 bits per heavy atom. The molecule has 0 aromatic heterocycles. The van der Waals surface area contributed by atoms with E-state index in [-0.39, 0.29) is 0 Å². The van der Waals surface area contributed by atoms with Gasteiger partial charge < -0.3 is 5.21 Å². The quantitative estimate of drug-likeness (QED) is 0.665. The highest BCUT2D eigenvalue weighted by atomic mass is 16.5. The zero-order chi connectivity index (χ0) is 8.39. The Kier molecular flexibility index (Phi) is 2.11. The van der Waals surface area contributed by atoms with E-state index in [0.29, 0.717) is 11.8 Å². The zero-order valence-electron chi connectivity index (χ0n) is 6.90. The van der Waals surface area contributed by atoms with Crippen molar-refractivity contribution in [2.24, 2.45) is 5.92 Å². The van der Waals surface area contributed by atoms with Crippen molar-refractivity contribution in [3.63, 3.8) is 0 Å². The second-order valence-corrected chi connectivity index (χ2v) is 3.38. The first-order valence-electron chi connectivity index (χ1n) is 4.33. The summed E-state index contributed by atoms with van der Waals surface area (Å²) >= 11 is 0. The van der Waals surface area contributed by atoms with Crippen LogP contribution in [0.1, 0.15) is 17.9 Å². The molecule has 1 aliphatic rings. The second-order valence-electron chi connectivity index (χ2n) is 3.38. The maximum atomic E-state index is 8.49. The van der Waals surface area contributed by atoms with E-state index >= 15 is 0 Å². The number of hydrogen-bond acceptors (Lipinski definition) is 2. The molecule has 1 aliphatic carbocycles. The van der Waals surface area contributed by atoms with E-state index in [1.54, 1.807) is 0 Å². The molecule has 0 unspecified atom stereocenters. The topological polar surface area (TPSA) is 32.3 Å². The lowest BCUT2D eigenvalue weighted by Crippen LogP contribution is -2.11. The number of hydroxylamine groups is 1. The Bertz CT molecular complexity index is 247. The van der Waals surface area contributed by atoms with Gasteiger partial charge in [-0.2, -0.15) is 0 Å². The fraction of sp³-hybridized carbons (Fsp3) is 0.400. The molecule has 64 valence electrons.